The predicted molar refractivity (Wildman–Crippen MR) is 79.1 cm³/mol. The van der Waals surface area contributed by atoms with E-state index in [-0.39, 0.29) is 0 Å². The van der Waals surface area contributed by atoms with Gasteiger partial charge in [0.05, 0.1) is 12.2 Å². The van der Waals surface area contributed by atoms with Crippen molar-refractivity contribution in [3.05, 3.63) is 30.3 Å². The zero-order valence-corrected chi connectivity index (χ0v) is 11.6. The molecule has 0 saturated carbocycles. The van der Waals surface area contributed by atoms with Gasteiger partial charge in [-0.1, -0.05) is 18.2 Å². The molecular formula is C15H18N2OS. The Kier molecular flexibility index (Phi) is 2.74. The second-order valence-corrected chi connectivity index (χ2v) is 6.21. The van der Waals surface area contributed by atoms with Crippen molar-refractivity contribution in [2.24, 2.45) is 11.8 Å². The molecule has 3 aliphatic rings. The molecule has 3 saturated heterocycles. The third-order valence-electron chi connectivity index (χ3n) is 4.76. The van der Waals surface area contributed by atoms with Gasteiger partial charge in [-0.2, -0.15) is 0 Å². The first-order valence-electron chi connectivity index (χ1n) is 7.08. The van der Waals surface area contributed by atoms with Gasteiger partial charge in [-0.15, -0.1) is 0 Å². The van der Waals surface area contributed by atoms with Crippen molar-refractivity contribution in [2.75, 3.05) is 18.4 Å². The molecule has 2 bridgehead atoms. The number of rotatable bonds is 1. The van der Waals surface area contributed by atoms with Crippen LogP contribution < -0.4 is 5.32 Å². The van der Waals surface area contributed by atoms with Crippen LogP contribution >= 0.6 is 12.2 Å². The average molecular weight is 274 g/mol. The first-order chi connectivity index (χ1) is 9.31. The second-order valence-electron chi connectivity index (χ2n) is 5.82. The number of likely N-dealkylation sites (tertiary alicyclic amines) is 1. The van der Waals surface area contributed by atoms with Crippen molar-refractivity contribution in [1.82, 2.24) is 4.90 Å². The van der Waals surface area contributed by atoms with Gasteiger partial charge in [0.25, 0.3) is 0 Å². The Labute approximate surface area is 118 Å². The fraction of sp³-hybridized carbons (Fsp3) is 0.533. The predicted octanol–water partition coefficient (Wildman–Crippen LogP) is 2.49. The standard InChI is InChI=1S/C15H18N2OS/c19-15(16-10-4-2-1-3-5-10)17-8-11-12(9-17)14-7-6-13(11)18-14/h1-5,11-14H,6-9H2,(H,16,19)/t11-,12-,13+,14+/m1/s1. The molecule has 0 aliphatic carbocycles. The molecule has 100 valence electrons. The molecule has 1 aromatic carbocycles. The molecule has 0 spiro atoms. The molecule has 1 N–H and O–H groups in total. The summed E-state index contributed by atoms with van der Waals surface area (Å²) in [5, 5.41) is 4.20. The highest BCUT2D eigenvalue weighted by molar-refractivity contribution is 7.80. The molecule has 4 heteroatoms. The quantitative estimate of drug-likeness (QED) is 0.795. The van der Waals surface area contributed by atoms with Crippen molar-refractivity contribution in [1.29, 1.82) is 0 Å². The number of para-hydroxylation sites is 1. The van der Waals surface area contributed by atoms with Gasteiger partial charge >= 0.3 is 0 Å². The molecular weight excluding hydrogens is 256 g/mol. The summed E-state index contributed by atoms with van der Waals surface area (Å²) in [6.07, 6.45) is 3.50. The lowest BCUT2D eigenvalue weighted by atomic mass is 9.82. The maximum absolute atomic E-state index is 6.00. The normalized spacial score (nSPS) is 35.5. The molecule has 4 atom stereocenters. The topological polar surface area (TPSA) is 24.5 Å². The number of nitrogens with zero attached hydrogens (tertiary/aromatic N) is 1. The molecule has 0 radical (unpaired) electrons. The third-order valence-corrected chi connectivity index (χ3v) is 5.13. The highest BCUT2D eigenvalue weighted by atomic mass is 32.1. The molecule has 19 heavy (non-hydrogen) atoms. The van der Waals surface area contributed by atoms with Crippen LogP contribution in [0, 0.1) is 11.8 Å². The van der Waals surface area contributed by atoms with Crippen LogP contribution in [0.25, 0.3) is 0 Å². The Morgan fingerprint density at radius 1 is 1.11 bits per heavy atom. The molecule has 3 aliphatic heterocycles. The van der Waals surface area contributed by atoms with Crippen LogP contribution in [0.1, 0.15) is 12.8 Å². The van der Waals surface area contributed by atoms with Gasteiger partial charge in [0, 0.05) is 30.6 Å². The van der Waals surface area contributed by atoms with Crippen LogP contribution in [0.15, 0.2) is 30.3 Å². The number of anilines is 1. The third kappa shape index (κ3) is 1.94. The lowest BCUT2D eigenvalue weighted by Crippen LogP contribution is -2.34. The van der Waals surface area contributed by atoms with E-state index in [1.807, 2.05) is 18.2 Å². The Balaban J connectivity index is 1.43. The summed E-state index contributed by atoms with van der Waals surface area (Å²) >= 11 is 5.55. The van der Waals surface area contributed by atoms with E-state index in [0.717, 1.165) is 23.9 Å². The van der Waals surface area contributed by atoms with E-state index in [1.54, 1.807) is 0 Å². The minimum atomic E-state index is 0.500. The highest BCUT2D eigenvalue weighted by Crippen LogP contribution is 2.47. The van der Waals surface area contributed by atoms with Crippen LogP contribution in [-0.2, 0) is 4.74 Å². The molecule has 3 fully saturated rings. The monoisotopic (exact) mass is 274 g/mol. The van der Waals surface area contributed by atoms with Crippen LogP contribution in [-0.4, -0.2) is 35.3 Å². The summed E-state index contributed by atoms with van der Waals surface area (Å²) in [7, 11) is 0. The fourth-order valence-electron chi connectivity index (χ4n) is 3.85. The molecule has 3 heterocycles. The van der Waals surface area contributed by atoms with Crippen molar-refractivity contribution < 1.29 is 4.74 Å². The fourth-order valence-corrected chi connectivity index (χ4v) is 4.12. The van der Waals surface area contributed by atoms with E-state index >= 15 is 0 Å². The smallest absolute Gasteiger partial charge is 0.173 e. The van der Waals surface area contributed by atoms with Crippen molar-refractivity contribution in [3.63, 3.8) is 0 Å². The molecule has 0 amide bonds. The van der Waals surface area contributed by atoms with Crippen molar-refractivity contribution in [2.45, 2.75) is 25.0 Å². The minimum absolute atomic E-state index is 0.500. The van der Waals surface area contributed by atoms with Gasteiger partial charge in [0.2, 0.25) is 0 Å². The lowest BCUT2D eigenvalue weighted by Gasteiger charge is -2.22. The average Bonchev–Trinajstić information content (AvgIpc) is 3.12. The number of hydrogen-bond donors (Lipinski definition) is 1. The molecule has 0 aromatic heterocycles. The van der Waals surface area contributed by atoms with Gasteiger partial charge in [-0.25, -0.2) is 0 Å². The molecule has 1 aromatic rings. The largest absolute Gasteiger partial charge is 0.374 e. The van der Waals surface area contributed by atoms with E-state index in [0.29, 0.717) is 24.0 Å². The summed E-state index contributed by atoms with van der Waals surface area (Å²) < 4.78 is 6.00. The Bertz CT molecular complexity index is 474. The lowest BCUT2D eigenvalue weighted by molar-refractivity contribution is 0.0771. The number of ether oxygens (including phenoxy) is 1. The van der Waals surface area contributed by atoms with Gasteiger partial charge in [-0.3, -0.25) is 0 Å². The zero-order valence-electron chi connectivity index (χ0n) is 10.8. The van der Waals surface area contributed by atoms with E-state index in [4.69, 9.17) is 17.0 Å². The van der Waals surface area contributed by atoms with Gasteiger partial charge < -0.3 is 15.0 Å². The number of nitrogens with one attached hydrogen (secondary N) is 1. The summed E-state index contributed by atoms with van der Waals surface area (Å²) in [4.78, 5) is 2.32. The Hall–Kier alpha value is -1.13. The summed E-state index contributed by atoms with van der Waals surface area (Å²) in [6.45, 7) is 2.12. The zero-order chi connectivity index (χ0) is 12.8. The van der Waals surface area contributed by atoms with Gasteiger partial charge in [0.15, 0.2) is 5.11 Å². The second kappa shape index (κ2) is 4.46. The maximum Gasteiger partial charge on any atom is 0.173 e. The van der Waals surface area contributed by atoms with E-state index < -0.39 is 0 Å². The number of benzene rings is 1. The summed E-state index contributed by atoms with van der Waals surface area (Å²) in [6, 6.07) is 10.2. The number of thiocarbonyl (C=S) groups is 1. The van der Waals surface area contributed by atoms with Crippen LogP contribution in [0.5, 0.6) is 0 Å². The van der Waals surface area contributed by atoms with E-state index in [2.05, 4.69) is 22.3 Å². The summed E-state index contributed by atoms with van der Waals surface area (Å²) in [5.74, 6) is 1.41. The first kappa shape index (κ1) is 11.7. The van der Waals surface area contributed by atoms with Crippen LogP contribution in [0.4, 0.5) is 5.69 Å². The van der Waals surface area contributed by atoms with E-state index in [1.165, 1.54) is 12.8 Å². The molecule has 0 unspecified atom stereocenters. The number of fused-ring (bicyclic) bond motifs is 5. The van der Waals surface area contributed by atoms with Gasteiger partial charge in [-0.05, 0) is 37.2 Å². The Morgan fingerprint density at radius 3 is 2.37 bits per heavy atom. The SMILES string of the molecule is S=C(Nc1ccccc1)N1C[C@@H]2[C@@H](C1)[C@@H]1CC[C@@H]2O1. The minimum Gasteiger partial charge on any atom is -0.374 e. The number of hydrogen-bond acceptors (Lipinski definition) is 2. The Morgan fingerprint density at radius 2 is 1.74 bits per heavy atom. The maximum atomic E-state index is 6.00. The van der Waals surface area contributed by atoms with Crippen LogP contribution in [0.2, 0.25) is 0 Å². The van der Waals surface area contributed by atoms with Crippen molar-refractivity contribution >= 4 is 23.0 Å². The van der Waals surface area contributed by atoms with Gasteiger partial charge in [0.1, 0.15) is 0 Å². The first-order valence-corrected chi connectivity index (χ1v) is 7.48. The van der Waals surface area contributed by atoms with Crippen LogP contribution in [0.3, 0.4) is 0 Å². The summed E-state index contributed by atoms with van der Waals surface area (Å²) in [5.41, 5.74) is 1.07. The van der Waals surface area contributed by atoms with Crippen molar-refractivity contribution in [3.8, 4) is 0 Å². The van der Waals surface area contributed by atoms with E-state index in [9.17, 15) is 0 Å². The molecule has 3 nitrogen and oxygen atoms in total. The highest BCUT2D eigenvalue weighted by Gasteiger charge is 2.53. The molecule has 4 rings (SSSR count).